The molecule has 7 heteroatoms. The topological polar surface area (TPSA) is 113 Å². The molecule has 116 valence electrons. The Balaban J connectivity index is 3.13. The molecule has 1 aromatic rings. The number of nitrogens with one attached hydrogen (secondary N) is 1. The highest BCUT2D eigenvalue weighted by Crippen LogP contribution is 2.25. The van der Waals surface area contributed by atoms with Gasteiger partial charge in [-0.2, -0.15) is 0 Å². The first-order valence-electron chi connectivity index (χ1n) is 6.44. The molecule has 0 amide bonds. The van der Waals surface area contributed by atoms with E-state index in [1.165, 1.54) is 12.1 Å². The molecule has 0 radical (unpaired) electrons. The van der Waals surface area contributed by atoms with Crippen molar-refractivity contribution in [3.63, 3.8) is 0 Å². The van der Waals surface area contributed by atoms with Crippen LogP contribution in [0.25, 0.3) is 0 Å². The van der Waals surface area contributed by atoms with Gasteiger partial charge >= 0.3 is 5.97 Å². The number of carbonyl (C=O) groups is 1. The van der Waals surface area contributed by atoms with Crippen LogP contribution in [-0.4, -0.2) is 32.2 Å². The summed E-state index contributed by atoms with van der Waals surface area (Å²) in [5, 5.41) is 33.2. The zero-order valence-corrected chi connectivity index (χ0v) is 12.5. The molecule has 7 nitrogen and oxygen atoms in total. The normalized spacial score (nSPS) is 12.2. The summed E-state index contributed by atoms with van der Waals surface area (Å²) in [5.74, 6) is -1.35. The third-order valence-corrected chi connectivity index (χ3v) is 3.79. The molecule has 0 aliphatic carbocycles. The van der Waals surface area contributed by atoms with Gasteiger partial charge in [0.1, 0.15) is 5.56 Å². The van der Waals surface area contributed by atoms with Crippen LogP contribution in [0, 0.1) is 10.1 Å². The molecular formula is C14H20N2O5. The van der Waals surface area contributed by atoms with Crippen molar-refractivity contribution in [3.8, 4) is 0 Å². The van der Waals surface area contributed by atoms with Crippen LogP contribution in [0.5, 0.6) is 0 Å². The van der Waals surface area contributed by atoms with E-state index in [0.29, 0.717) is 5.56 Å². The average Bonchev–Trinajstić information content (AvgIpc) is 2.34. The molecule has 0 heterocycles. The van der Waals surface area contributed by atoms with Gasteiger partial charge in [0.2, 0.25) is 0 Å². The quantitative estimate of drug-likeness (QED) is 0.546. The molecule has 3 N–H and O–H groups in total. The lowest BCUT2D eigenvalue weighted by Gasteiger charge is -2.38. The Kier molecular flexibility index (Phi) is 4.70. The molecule has 0 saturated heterocycles. The Morgan fingerprint density at radius 3 is 2.33 bits per heavy atom. The maximum Gasteiger partial charge on any atom is 0.343 e. The third-order valence-electron chi connectivity index (χ3n) is 3.79. The fourth-order valence-electron chi connectivity index (χ4n) is 1.67. The van der Waals surface area contributed by atoms with Gasteiger partial charge in [0.15, 0.2) is 0 Å². The van der Waals surface area contributed by atoms with E-state index in [1.54, 1.807) is 27.7 Å². The minimum Gasteiger partial charge on any atom is -0.477 e. The molecule has 0 unspecified atom stereocenters. The number of nitro groups is 1. The second-order valence-corrected chi connectivity index (χ2v) is 5.91. The van der Waals surface area contributed by atoms with E-state index >= 15 is 0 Å². The summed E-state index contributed by atoms with van der Waals surface area (Å²) in [6.45, 7) is 6.90. The van der Waals surface area contributed by atoms with Crippen LogP contribution >= 0.6 is 0 Å². The molecule has 0 bridgehead atoms. The lowest BCUT2D eigenvalue weighted by molar-refractivity contribution is -0.385. The van der Waals surface area contributed by atoms with Crippen LogP contribution < -0.4 is 5.32 Å². The zero-order valence-electron chi connectivity index (χ0n) is 12.5. The van der Waals surface area contributed by atoms with Crippen LogP contribution in [0.15, 0.2) is 18.2 Å². The zero-order chi connectivity index (χ0) is 16.4. The Hall–Kier alpha value is -1.99. The van der Waals surface area contributed by atoms with Crippen molar-refractivity contribution in [2.45, 2.75) is 45.4 Å². The maximum atomic E-state index is 11.3. The fraction of sp³-hybridized carbons (Fsp3) is 0.500. The van der Waals surface area contributed by atoms with Crippen molar-refractivity contribution in [1.82, 2.24) is 5.32 Å². The number of benzene rings is 1. The number of rotatable bonds is 6. The number of hydrogen-bond acceptors (Lipinski definition) is 5. The molecule has 0 aliphatic heterocycles. The van der Waals surface area contributed by atoms with E-state index in [0.717, 1.165) is 6.07 Å². The summed E-state index contributed by atoms with van der Waals surface area (Å²) >= 11 is 0. The molecule has 0 atom stereocenters. The Morgan fingerprint density at radius 2 is 1.90 bits per heavy atom. The lowest BCUT2D eigenvalue weighted by Crippen LogP contribution is -2.55. The van der Waals surface area contributed by atoms with Gasteiger partial charge in [-0.3, -0.25) is 10.1 Å². The van der Waals surface area contributed by atoms with Gasteiger partial charge in [-0.1, -0.05) is 12.1 Å². The number of nitrogens with zero attached hydrogens (tertiary/aromatic N) is 1. The van der Waals surface area contributed by atoms with Gasteiger partial charge in [-0.15, -0.1) is 0 Å². The smallest absolute Gasteiger partial charge is 0.343 e. The maximum absolute atomic E-state index is 11.3. The summed E-state index contributed by atoms with van der Waals surface area (Å²) in [7, 11) is 0. The molecule has 21 heavy (non-hydrogen) atoms. The van der Waals surface area contributed by atoms with Crippen LogP contribution in [0.2, 0.25) is 0 Å². The predicted octanol–water partition coefficient (Wildman–Crippen LogP) is 1.93. The number of aromatic carboxylic acids is 1. The first-order valence-corrected chi connectivity index (χ1v) is 6.44. The summed E-state index contributed by atoms with van der Waals surface area (Å²) in [6, 6.07) is 4.12. The van der Waals surface area contributed by atoms with Gasteiger partial charge in [0.25, 0.3) is 5.69 Å². The molecule has 0 aliphatic rings. The lowest BCUT2D eigenvalue weighted by atomic mass is 9.85. The summed E-state index contributed by atoms with van der Waals surface area (Å²) in [4.78, 5) is 21.5. The summed E-state index contributed by atoms with van der Waals surface area (Å²) in [6.07, 6.45) is 0. The molecular weight excluding hydrogens is 276 g/mol. The molecule has 0 fully saturated rings. The van der Waals surface area contributed by atoms with Crippen molar-refractivity contribution >= 4 is 11.7 Å². The molecule has 1 aromatic carbocycles. The van der Waals surface area contributed by atoms with E-state index in [9.17, 15) is 25.1 Å². The largest absolute Gasteiger partial charge is 0.477 e. The highest BCUT2D eigenvalue weighted by molar-refractivity contribution is 5.94. The number of hydrogen-bond donors (Lipinski definition) is 3. The molecule has 0 spiro atoms. The van der Waals surface area contributed by atoms with E-state index < -0.39 is 27.7 Å². The average molecular weight is 296 g/mol. The van der Waals surface area contributed by atoms with Gasteiger partial charge in [0.05, 0.1) is 10.5 Å². The van der Waals surface area contributed by atoms with Crippen molar-refractivity contribution in [2.75, 3.05) is 0 Å². The number of carboxylic acids is 1. The number of carboxylic acid groups (broad SMARTS) is 1. The molecule has 0 saturated carbocycles. The van der Waals surface area contributed by atoms with Gasteiger partial charge in [-0.05, 0) is 33.3 Å². The first kappa shape index (κ1) is 17.1. The van der Waals surface area contributed by atoms with Crippen LogP contribution in [0.1, 0.15) is 43.6 Å². The molecule has 1 rings (SSSR count). The van der Waals surface area contributed by atoms with Crippen molar-refractivity contribution < 1.29 is 19.9 Å². The highest BCUT2D eigenvalue weighted by Gasteiger charge is 2.35. The highest BCUT2D eigenvalue weighted by atomic mass is 16.6. The van der Waals surface area contributed by atoms with Gasteiger partial charge in [0, 0.05) is 18.2 Å². The third kappa shape index (κ3) is 3.77. The second-order valence-electron chi connectivity index (χ2n) is 5.91. The first-order chi connectivity index (χ1) is 9.47. The molecule has 0 aromatic heterocycles. The number of nitro benzene ring substituents is 1. The van der Waals surface area contributed by atoms with Crippen LogP contribution in [0.4, 0.5) is 5.69 Å². The Morgan fingerprint density at radius 1 is 1.33 bits per heavy atom. The SMILES string of the molecule is CC(C)(O)C(C)(C)NCc1cccc([N+](=O)[O-])c1C(=O)O. The summed E-state index contributed by atoms with van der Waals surface area (Å²) in [5.41, 5.74) is -2.22. The van der Waals surface area contributed by atoms with Crippen molar-refractivity contribution in [2.24, 2.45) is 0 Å². The monoisotopic (exact) mass is 296 g/mol. The standard InChI is InChI=1S/C14H20N2O5/c1-13(2,14(3,4)19)15-8-9-6-5-7-10(16(20)21)11(9)12(17)18/h5-7,15,19H,8H2,1-4H3,(H,17,18). The number of aliphatic hydroxyl groups is 1. The van der Waals surface area contributed by atoms with E-state index in [2.05, 4.69) is 5.32 Å². The van der Waals surface area contributed by atoms with Crippen LogP contribution in [-0.2, 0) is 6.54 Å². The van der Waals surface area contributed by atoms with E-state index in [4.69, 9.17) is 0 Å². The van der Waals surface area contributed by atoms with Gasteiger partial charge in [-0.25, -0.2) is 4.79 Å². The minimum atomic E-state index is -1.35. The Bertz CT molecular complexity index is 561. The second kappa shape index (κ2) is 5.79. The summed E-state index contributed by atoms with van der Waals surface area (Å²) < 4.78 is 0. The Labute approximate surface area is 122 Å². The fourth-order valence-corrected chi connectivity index (χ4v) is 1.67. The predicted molar refractivity (Wildman–Crippen MR) is 77.3 cm³/mol. The van der Waals surface area contributed by atoms with Crippen molar-refractivity contribution in [3.05, 3.63) is 39.4 Å². The van der Waals surface area contributed by atoms with E-state index in [1.807, 2.05) is 0 Å². The van der Waals surface area contributed by atoms with Crippen molar-refractivity contribution in [1.29, 1.82) is 0 Å². The van der Waals surface area contributed by atoms with E-state index in [-0.39, 0.29) is 12.1 Å². The van der Waals surface area contributed by atoms with Crippen LogP contribution in [0.3, 0.4) is 0 Å². The minimum absolute atomic E-state index is 0.0975. The van der Waals surface area contributed by atoms with Gasteiger partial charge < -0.3 is 15.5 Å².